The van der Waals surface area contributed by atoms with Gasteiger partial charge in [0.25, 0.3) is 0 Å². The van der Waals surface area contributed by atoms with E-state index in [0.717, 1.165) is 39.9 Å². The number of aromatic nitrogens is 6. The van der Waals surface area contributed by atoms with Crippen LogP contribution in [-0.2, 0) is 32.5 Å². The van der Waals surface area contributed by atoms with Crippen molar-refractivity contribution in [1.29, 1.82) is 0 Å². The summed E-state index contributed by atoms with van der Waals surface area (Å²) >= 11 is 0. The molecule has 3 aromatic carbocycles. The molecule has 0 spiro atoms. The SMILES string of the molecule is COC(=O)C1COCCN1CCCN1CCCc2c3c(cccc3nn2C)-c2cccc(c2)O[C@H]2C[C@@H](C1=O)N(c1ncnc3c1cnn3-c1ccc(F)cc1F)C2. The molecule has 1 amide bonds. The molecule has 3 atom stereocenters. The monoisotopic (exact) mass is 791 g/mol. The summed E-state index contributed by atoms with van der Waals surface area (Å²) in [5.41, 5.74) is 4.39. The van der Waals surface area contributed by atoms with Crippen molar-refractivity contribution in [2.45, 2.75) is 43.9 Å². The lowest BCUT2D eigenvalue weighted by Gasteiger charge is -2.35. The van der Waals surface area contributed by atoms with Crippen molar-refractivity contribution in [3.8, 4) is 22.6 Å². The first kappa shape index (κ1) is 37.6. The molecular formula is C42H43F2N9O5. The molecule has 16 heteroatoms. The minimum Gasteiger partial charge on any atom is -0.488 e. The Balaban J connectivity index is 1.09. The zero-order valence-electron chi connectivity index (χ0n) is 32.3. The molecule has 6 aromatic rings. The highest BCUT2D eigenvalue weighted by Crippen LogP contribution is 2.37. The Kier molecular flexibility index (Phi) is 10.2. The minimum atomic E-state index is -0.789. The van der Waals surface area contributed by atoms with Gasteiger partial charge < -0.3 is 24.0 Å². The lowest BCUT2D eigenvalue weighted by molar-refractivity contribution is -0.153. The summed E-state index contributed by atoms with van der Waals surface area (Å²) in [6.07, 6.45) is 4.86. The van der Waals surface area contributed by atoms with Crippen LogP contribution >= 0.6 is 0 Å². The van der Waals surface area contributed by atoms with E-state index < -0.39 is 29.8 Å². The number of methoxy groups -OCH3 is 1. The van der Waals surface area contributed by atoms with E-state index in [1.54, 1.807) is 6.20 Å². The van der Waals surface area contributed by atoms with Crippen LogP contribution in [0.5, 0.6) is 5.75 Å². The number of amides is 1. The Bertz CT molecular complexity index is 2510. The molecule has 14 nitrogen and oxygen atoms in total. The number of hydrogen-bond donors (Lipinski definition) is 0. The summed E-state index contributed by atoms with van der Waals surface area (Å²) in [5.74, 6) is -0.790. The lowest BCUT2D eigenvalue weighted by atomic mass is 9.98. The van der Waals surface area contributed by atoms with Crippen LogP contribution in [0.25, 0.3) is 38.8 Å². The van der Waals surface area contributed by atoms with Gasteiger partial charge in [-0.3, -0.25) is 19.2 Å². The number of nitrogens with zero attached hydrogens (tertiary/aromatic N) is 9. The van der Waals surface area contributed by atoms with Crippen LogP contribution in [0.4, 0.5) is 14.6 Å². The van der Waals surface area contributed by atoms with E-state index in [9.17, 15) is 9.18 Å². The average molecular weight is 792 g/mol. The zero-order chi connectivity index (χ0) is 39.9. The molecule has 2 saturated heterocycles. The van der Waals surface area contributed by atoms with Gasteiger partial charge in [-0.1, -0.05) is 24.3 Å². The number of hydrogen-bond acceptors (Lipinski definition) is 11. The van der Waals surface area contributed by atoms with E-state index in [0.29, 0.717) is 87.6 Å². The van der Waals surface area contributed by atoms with E-state index in [-0.39, 0.29) is 24.2 Å². The van der Waals surface area contributed by atoms with Gasteiger partial charge in [0.1, 0.15) is 47.6 Å². The van der Waals surface area contributed by atoms with Crippen molar-refractivity contribution in [2.75, 3.05) is 57.9 Å². The van der Waals surface area contributed by atoms with Gasteiger partial charge in [0.05, 0.1) is 44.0 Å². The van der Waals surface area contributed by atoms with Gasteiger partial charge in [-0.15, -0.1) is 0 Å². The number of aryl methyl sites for hydroxylation is 2. The van der Waals surface area contributed by atoms with Gasteiger partial charge >= 0.3 is 5.97 Å². The predicted octanol–water partition coefficient (Wildman–Crippen LogP) is 4.71. The summed E-state index contributed by atoms with van der Waals surface area (Å²) in [7, 11) is 3.34. The smallest absolute Gasteiger partial charge is 0.325 e. The molecule has 6 heterocycles. The Morgan fingerprint density at radius 3 is 2.78 bits per heavy atom. The standard InChI is InChI=1S/C42H43F2N9O5/c1-49-35-11-5-14-51(16-6-15-50-17-18-57-24-37(50)42(55)56-2)41(54)36-21-29(58-28-8-3-7-26(19-28)30-9-4-10-33(48-49)38(30)35)23-52(36)39-31-22-47-53(40(31)46-25-45-39)34-13-12-27(43)20-32(34)44/h3-4,7-10,12-13,19-20,22,25,29,36-37H,5-6,11,14-18,21,23-24H2,1-2H3/t29-,36-,37?/m0/s1. The Morgan fingerprint density at radius 1 is 1.03 bits per heavy atom. The number of anilines is 1. The normalized spacial score (nSPS) is 20.3. The van der Waals surface area contributed by atoms with E-state index >= 15 is 9.18 Å². The fourth-order valence-corrected chi connectivity index (χ4v) is 8.71. The fraction of sp³-hybridized carbons (Fsp3) is 0.381. The third-order valence-corrected chi connectivity index (χ3v) is 11.5. The van der Waals surface area contributed by atoms with Crippen LogP contribution in [0, 0.1) is 11.6 Å². The summed E-state index contributed by atoms with van der Waals surface area (Å²) < 4.78 is 49.5. The van der Waals surface area contributed by atoms with Crippen LogP contribution < -0.4 is 9.64 Å². The largest absolute Gasteiger partial charge is 0.488 e. The molecule has 1 unspecified atom stereocenters. The molecule has 0 radical (unpaired) electrons. The van der Waals surface area contributed by atoms with E-state index in [4.69, 9.17) is 19.3 Å². The van der Waals surface area contributed by atoms with Gasteiger partial charge in [0, 0.05) is 56.8 Å². The number of morpholine rings is 1. The van der Waals surface area contributed by atoms with Crippen molar-refractivity contribution in [1.82, 2.24) is 39.3 Å². The number of halogens is 2. The number of esters is 1. The third kappa shape index (κ3) is 7.00. The first-order chi connectivity index (χ1) is 28.3. The van der Waals surface area contributed by atoms with E-state index in [1.165, 1.54) is 24.2 Å². The number of fused-ring (bicyclic) bond motifs is 6. The second-order valence-corrected chi connectivity index (χ2v) is 15.0. The number of benzene rings is 3. The molecule has 0 N–H and O–H groups in total. The van der Waals surface area contributed by atoms with Gasteiger partial charge in [-0.2, -0.15) is 10.2 Å². The van der Waals surface area contributed by atoms with Crippen molar-refractivity contribution in [3.05, 3.63) is 90.5 Å². The summed E-state index contributed by atoms with van der Waals surface area (Å²) in [5, 5.41) is 10.9. The van der Waals surface area contributed by atoms with Crippen molar-refractivity contribution in [3.63, 3.8) is 0 Å². The highest BCUT2D eigenvalue weighted by atomic mass is 19.1. The summed E-state index contributed by atoms with van der Waals surface area (Å²) in [6, 6.07) is 16.3. The molecule has 9 rings (SSSR count). The molecule has 2 fully saturated rings. The molecule has 4 bridgehead atoms. The Labute approximate surface area is 332 Å². The second kappa shape index (κ2) is 15.7. The van der Waals surface area contributed by atoms with Gasteiger partial charge in [-0.25, -0.2) is 23.4 Å². The van der Waals surface area contributed by atoms with Gasteiger partial charge in [0.2, 0.25) is 5.91 Å². The number of ether oxygens (including phenoxy) is 3. The van der Waals surface area contributed by atoms with Crippen molar-refractivity contribution >= 4 is 39.6 Å². The molecule has 0 aliphatic carbocycles. The van der Waals surface area contributed by atoms with Crippen LogP contribution in [0.2, 0.25) is 0 Å². The van der Waals surface area contributed by atoms with E-state index in [1.807, 2.05) is 51.9 Å². The third-order valence-electron chi connectivity index (χ3n) is 11.5. The molecule has 58 heavy (non-hydrogen) atoms. The van der Waals surface area contributed by atoms with Gasteiger partial charge in [-0.05, 0) is 60.7 Å². The quantitative estimate of drug-likeness (QED) is 0.208. The van der Waals surface area contributed by atoms with E-state index in [2.05, 4.69) is 32.1 Å². The molecule has 3 aromatic heterocycles. The van der Waals surface area contributed by atoms with Crippen molar-refractivity contribution in [2.24, 2.45) is 7.05 Å². The maximum Gasteiger partial charge on any atom is 0.325 e. The summed E-state index contributed by atoms with van der Waals surface area (Å²) in [4.78, 5) is 42.7. The number of carbonyl (C=O) groups excluding carboxylic acids is 2. The maximum atomic E-state index is 15.1. The highest BCUT2D eigenvalue weighted by Gasteiger charge is 2.42. The minimum absolute atomic E-state index is 0.0331. The molecule has 3 aliphatic rings. The Morgan fingerprint density at radius 2 is 1.91 bits per heavy atom. The van der Waals surface area contributed by atoms with Crippen LogP contribution in [0.1, 0.15) is 25.0 Å². The fourth-order valence-electron chi connectivity index (χ4n) is 8.71. The van der Waals surface area contributed by atoms with Crippen LogP contribution in [-0.4, -0.2) is 122 Å². The highest BCUT2D eigenvalue weighted by molar-refractivity contribution is 5.97. The Hall–Kier alpha value is -6.00. The summed E-state index contributed by atoms with van der Waals surface area (Å²) in [6.45, 7) is 3.17. The average Bonchev–Trinajstić information content (AvgIpc) is 3.94. The second-order valence-electron chi connectivity index (χ2n) is 15.0. The zero-order valence-corrected chi connectivity index (χ0v) is 32.3. The molecular weight excluding hydrogens is 749 g/mol. The first-order valence-electron chi connectivity index (χ1n) is 19.6. The van der Waals surface area contributed by atoms with Gasteiger partial charge in [0.15, 0.2) is 11.5 Å². The van der Waals surface area contributed by atoms with Crippen LogP contribution in [0.3, 0.4) is 0 Å². The topological polar surface area (TPSA) is 133 Å². The lowest BCUT2D eigenvalue weighted by Crippen LogP contribution is -2.51. The molecule has 3 aliphatic heterocycles. The molecule has 0 saturated carbocycles. The predicted molar refractivity (Wildman–Crippen MR) is 211 cm³/mol. The number of rotatable bonds is 7. The molecule has 300 valence electrons. The van der Waals surface area contributed by atoms with Crippen LogP contribution in [0.15, 0.2) is 73.2 Å². The van der Waals surface area contributed by atoms with Crippen molar-refractivity contribution < 1.29 is 32.6 Å². The number of carbonyl (C=O) groups is 2. The maximum absolute atomic E-state index is 15.1. The first-order valence-corrected chi connectivity index (χ1v) is 19.6.